The van der Waals surface area contributed by atoms with Gasteiger partial charge in [-0.25, -0.2) is 0 Å². The zero-order chi connectivity index (χ0) is 18.4. The number of carbonyl (C=O) groups is 1. The molecule has 1 aromatic carbocycles. The van der Waals surface area contributed by atoms with E-state index in [1.54, 1.807) is 16.5 Å². The summed E-state index contributed by atoms with van der Waals surface area (Å²) in [4.78, 5) is 28.3. The van der Waals surface area contributed by atoms with Gasteiger partial charge in [-0.15, -0.1) is 0 Å². The smallest absolute Gasteiger partial charge is 0.265 e. The monoisotopic (exact) mass is 391 g/mol. The molecule has 7 nitrogen and oxygen atoms in total. The van der Waals surface area contributed by atoms with E-state index in [1.807, 2.05) is 0 Å². The molecular formula is C17H17N3O4S2. The van der Waals surface area contributed by atoms with E-state index in [-0.39, 0.29) is 18.3 Å². The maximum absolute atomic E-state index is 12.6. The van der Waals surface area contributed by atoms with Crippen LogP contribution < -0.4 is 20.3 Å². The predicted octanol–water partition coefficient (Wildman–Crippen LogP) is 3.08. The van der Waals surface area contributed by atoms with Crippen molar-refractivity contribution in [1.82, 2.24) is 14.7 Å². The number of aromatic nitrogens is 2. The van der Waals surface area contributed by atoms with E-state index in [2.05, 4.69) is 24.1 Å². The second kappa shape index (κ2) is 6.40. The largest absolute Gasteiger partial charge is 0.454 e. The molecule has 1 aliphatic heterocycles. The molecule has 0 radical (unpaired) electrons. The van der Waals surface area contributed by atoms with Crippen LogP contribution in [0.2, 0.25) is 0 Å². The first-order chi connectivity index (χ1) is 12.5. The summed E-state index contributed by atoms with van der Waals surface area (Å²) in [5.74, 6) is 1.34. The number of nitrogens with zero attached hydrogens (tertiary/aromatic N) is 1. The van der Waals surface area contributed by atoms with Gasteiger partial charge in [0.25, 0.3) is 11.5 Å². The standard InChI is InChI=1S/C17H17N3O4S2/c1-8(2)3-4-18-16(22)13-14-19-15(21)9-5-11-12(24-7-23-11)6-10(9)20(14)17(25)26-13/h5-6,8H,3-4,7H2,1-2H3,(H,18,22)(H,19,21). The molecule has 136 valence electrons. The molecule has 2 N–H and O–H groups in total. The second-order valence-corrected chi connectivity index (χ2v) is 8.14. The van der Waals surface area contributed by atoms with Gasteiger partial charge in [0.2, 0.25) is 6.79 Å². The third kappa shape index (κ3) is 2.77. The topological polar surface area (TPSA) is 84.8 Å². The summed E-state index contributed by atoms with van der Waals surface area (Å²) in [7, 11) is 0. The highest BCUT2D eigenvalue weighted by Gasteiger charge is 2.21. The van der Waals surface area contributed by atoms with Crippen molar-refractivity contribution in [2.45, 2.75) is 20.3 Å². The fourth-order valence-electron chi connectivity index (χ4n) is 2.89. The highest BCUT2D eigenvalue weighted by atomic mass is 32.1. The highest BCUT2D eigenvalue weighted by Crippen LogP contribution is 2.35. The predicted molar refractivity (Wildman–Crippen MR) is 102 cm³/mol. The summed E-state index contributed by atoms with van der Waals surface area (Å²) in [6, 6.07) is 3.36. The number of carbonyl (C=O) groups excluding carboxylic acids is 1. The van der Waals surface area contributed by atoms with Crippen LogP contribution in [0.15, 0.2) is 16.9 Å². The van der Waals surface area contributed by atoms with Gasteiger partial charge in [-0.2, -0.15) is 0 Å². The molecule has 2 aromatic heterocycles. The Hall–Kier alpha value is -2.39. The number of thiazole rings is 1. The summed E-state index contributed by atoms with van der Waals surface area (Å²) in [5, 5.41) is 3.32. The average Bonchev–Trinajstić information content (AvgIpc) is 3.17. The Bertz CT molecular complexity index is 1140. The summed E-state index contributed by atoms with van der Waals surface area (Å²) >= 11 is 6.63. The first-order valence-corrected chi connectivity index (χ1v) is 9.47. The van der Waals surface area contributed by atoms with Crippen LogP contribution in [0, 0.1) is 9.87 Å². The number of benzene rings is 1. The lowest BCUT2D eigenvalue weighted by atomic mass is 10.1. The number of hydrogen-bond acceptors (Lipinski definition) is 6. The van der Waals surface area contributed by atoms with Gasteiger partial charge in [-0.1, -0.05) is 25.2 Å². The van der Waals surface area contributed by atoms with E-state index in [0.29, 0.717) is 49.3 Å². The molecule has 3 heterocycles. The Kier molecular flexibility index (Phi) is 4.20. The van der Waals surface area contributed by atoms with Crippen molar-refractivity contribution >= 4 is 46.0 Å². The number of amides is 1. The first-order valence-electron chi connectivity index (χ1n) is 8.25. The van der Waals surface area contributed by atoms with Crippen molar-refractivity contribution in [2.75, 3.05) is 13.3 Å². The van der Waals surface area contributed by atoms with Gasteiger partial charge in [0.1, 0.15) is 10.5 Å². The zero-order valence-electron chi connectivity index (χ0n) is 14.3. The maximum atomic E-state index is 12.6. The van der Waals surface area contributed by atoms with Gasteiger partial charge in [0, 0.05) is 12.6 Å². The van der Waals surface area contributed by atoms with E-state index in [4.69, 9.17) is 21.7 Å². The fraction of sp³-hybridized carbons (Fsp3) is 0.353. The lowest BCUT2D eigenvalue weighted by Crippen LogP contribution is -2.25. The van der Waals surface area contributed by atoms with Crippen molar-refractivity contribution < 1.29 is 14.3 Å². The molecule has 0 spiro atoms. The van der Waals surface area contributed by atoms with Crippen molar-refractivity contribution in [3.63, 3.8) is 0 Å². The van der Waals surface area contributed by atoms with Gasteiger partial charge in [0.05, 0.1) is 10.9 Å². The number of ether oxygens (including phenoxy) is 2. The minimum atomic E-state index is -0.303. The molecule has 0 saturated heterocycles. The molecule has 1 amide bonds. The highest BCUT2D eigenvalue weighted by molar-refractivity contribution is 7.73. The molecule has 3 aromatic rings. The normalized spacial score (nSPS) is 13.0. The molecule has 1 aliphatic rings. The van der Waals surface area contributed by atoms with Gasteiger partial charge >= 0.3 is 0 Å². The molecule has 0 unspecified atom stereocenters. The molecule has 0 aliphatic carbocycles. The number of rotatable bonds is 4. The molecule has 0 bridgehead atoms. The van der Waals surface area contributed by atoms with Gasteiger partial charge in [-0.05, 0) is 30.6 Å². The maximum Gasteiger partial charge on any atom is 0.265 e. The van der Waals surface area contributed by atoms with Crippen molar-refractivity contribution in [1.29, 1.82) is 0 Å². The van der Waals surface area contributed by atoms with Gasteiger partial charge < -0.3 is 19.8 Å². The SMILES string of the molecule is CC(C)CCNC(=O)c1sc(=S)n2c1[nH]c(=O)c1cc3c(cc12)OCO3. The average molecular weight is 391 g/mol. The van der Waals surface area contributed by atoms with Crippen LogP contribution >= 0.6 is 23.6 Å². The lowest BCUT2D eigenvalue weighted by molar-refractivity contribution is 0.0957. The molecule has 0 atom stereocenters. The summed E-state index contributed by atoms with van der Waals surface area (Å²) in [5.41, 5.74) is 0.691. The van der Waals surface area contributed by atoms with Crippen LogP contribution in [-0.4, -0.2) is 28.6 Å². The van der Waals surface area contributed by atoms with Crippen LogP contribution in [0.5, 0.6) is 11.5 Å². The van der Waals surface area contributed by atoms with E-state index >= 15 is 0 Å². The van der Waals surface area contributed by atoms with Crippen LogP contribution in [0.25, 0.3) is 16.6 Å². The van der Waals surface area contributed by atoms with E-state index in [9.17, 15) is 9.59 Å². The molecule has 26 heavy (non-hydrogen) atoms. The van der Waals surface area contributed by atoms with Crippen LogP contribution in [0.1, 0.15) is 29.9 Å². The van der Waals surface area contributed by atoms with E-state index in [1.165, 1.54) is 11.3 Å². The van der Waals surface area contributed by atoms with Gasteiger partial charge in [0.15, 0.2) is 15.5 Å². The summed E-state index contributed by atoms with van der Waals surface area (Å²) in [6.07, 6.45) is 0.881. The second-order valence-electron chi connectivity index (χ2n) is 6.50. The Morgan fingerprint density at radius 1 is 1.38 bits per heavy atom. The Labute approximate surface area is 157 Å². The number of nitrogens with one attached hydrogen (secondary N) is 2. The lowest BCUT2D eigenvalue weighted by Gasteiger charge is -2.07. The third-order valence-electron chi connectivity index (χ3n) is 4.23. The fourth-order valence-corrected chi connectivity index (χ4v) is 4.19. The van der Waals surface area contributed by atoms with E-state index in [0.717, 1.165) is 6.42 Å². The summed E-state index contributed by atoms with van der Waals surface area (Å²) < 4.78 is 12.9. The van der Waals surface area contributed by atoms with Crippen LogP contribution in [-0.2, 0) is 0 Å². The number of fused-ring (bicyclic) bond motifs is 4. The van der Waals surface area contributed by atoms with Crippen molar-refractivity contribution in [3.8, 4) is 11.5 Å². The number of hydrogen-bond donors (Lipinski definition) is 2. The van der Waals surface area contributed by atoms with Crippen LogP contribution in [0.3, 0.4) is 0 Å². The van der Waals surface area contributed by atoms with E-state index < -0.39 is 0 Å². The summed E-state index contributed by atoms with van der Waals surface area (Å²) in [6.45, 7) is 4.88. The zero-order valence-corrected chi connectivity index (χ0v) is 15.9. The van der Waals surface area contributed by atoms with Crippen molar-refractivity contribution in [2.24, 2.45) is 5.92 Å². The van der Waals surface area contributed by atoms with Gasteiger partial charge in [-0.3, -0.25) is 14.0 Å². The molecule has 0 saturated carbocycles. The molecule has 4 rings (SSSR count). The minimum Gasteiger partial charge on any atom is -0.454 e. The molecule has 9 heteroatoms. The Balaban J connectivity index is 1.86. The minimum absolute atomic E-state index is 0.116. The number of H-pyrrole nitrogens is 1. The third-order valence-corrected chi connectivity index (χ3v) is 5.61. The molecule has 0 fully saturated rings. The van der Waals surface area contributed by atoms with Crippen LogP contribution in [0.4, 0.5) is 0 Å². The number of aromatic amines is 1. The molecular weight excluding hydrogens is 374 g/mol. The Morgan fingerprint density at radius 3 is 2.85 bits per heavy atom. The first kappa shape index (κ1) is 17.0. The van der Waals surface area contributed by atoms with Crippen molar-refractivity contribution in [3.05, 3.63) is 31.3 Å². The Morgan fingerprint density at radius 2 is 2.12 bits per heavy atom. The quantitative estimate of drug-likeness (QED) is 0.668.